The van der Waals surface area contributed by atoms with Gasteiger partial charge in [-0.05, 0) is 24.1 Å². The first-order valence-corrected chi connectivity index (χ1v) is 6.08. The Hall–Kier alpha value is -0.810. The molecule has 1 aromatic carbocycles. The van der Waals surface area contributed by atoms with E-state index in [1.54, 1.807) is 0 Å². The highest BCUT2D eigenvalue weighted by Gasteiger charge is 2.31. The van der Waals surface area contributed by atoms with Crippen molar-refractivity contribution in [2.75, 3.05) is 0 Å². The Kier molecular flexibility index (Phi) is 3.11. The van der Waals surface area contributed by atoms with Crippen molar-refractivity contribution in [1.82, 2.24) is 5.32 Å². The van der Waals surface area contributed by atoms with Gasteiger partial charge in [0, 0.05) is 4.47 Å². The molecule has 1 saturated heterocycles. The molecule has 1 atom stereocenters. The van der Waals surface area contributed by atoms with E-state index in [0.717, 1.165) is 21.8 Å². The molecule has 0 saturated carbocycles. The molecule has 2 amide bonds. The van der Waals surface area contributed by atoms with E-state index in [0.29, 0.717) is 6.42 Å². The second kappa shape index (κ2) is 4.37. The third-order valence-electron chi connectivity index (χ3n) is 2.10. The number of thioether (sulfide) groups is 1. The highest BCUT2D eigenvalue weighted by molar-refractivity contribution is 9.10. The normalized spacial score (nSPS) is 20.5. The number of nitrogens with one attached hydrogen (secondary N) is 1. The number of carbonyl (C=O) groups is 2. The Morgan fingerprint density at radius 2 is 1.93 bits per heavy atom. The molecule has 0 radical (unpaired) electrons. The summed E-state index contributed by atoms with van der Waals surface area (Å²) in [4.78, 5) is 22.2. The van der Waals surface area contributed by atoms with Crippen LogP contribution < -0.4 is 5.32 Å². The maximum atomic E-state index is 11.3. The van der Waals surface area contributed by atoms with Gasteiger partial charge in [0.05, 0.1) is 5.25 Å². The van der Waals surface area contributed by atoms with E-state index in [4.69, 9.17) is 0 Å². The molecule has 1 aliphatic rings. The van der Waals surface area contributed by atoms with E-state index in [1.165, 1.54) is 0 Å². The van der Waals surface area contributed by atoms with Gasteiger partial charge in [-0.25, -0.2) is 0 Å². The summed E-state index contributed by atoms with van der Waals surface area (Å²) in [7, 11) is 0. The maximum Gasteiger partial charge on any atom is 0.286 e. The largest absolute Gasteiger partial charge is 0.286 e. The molecule has 5 heteroatoms. The molecule has 2 rings (SSSR count). The molecule has 78 valence electrons. The molecule has 0 aromatic heterocycles. The molecule has 0 spiro atoms. The number of rotatable bonds is 2. The van der Waals surface area contributed by atoms with Crippen LogP contribution in [-0.4, -0.2) is 16.4 Å². The molecule has 0 aliphatic carbocycles. The minimum atomic E-state index is -0.279. The van der Waals surface area contributed by atoms with Crippen molar-refractivity contribution in [3.05, 3.63) is 34.3 Å². The van der Waals surface area contributed by atoms with Gasteiger partial charge in [0.25, 0.3) is 5.24 Å². The Morgan fingerprint density at radius 1 is 1.27 bits per heavy atom. The fourth-order valence-electron chi connectivity index (χ4n) is 1.36. The van der Waals surface area contributed by atoms with Gasteiger partial charge in [0.2, 0.25) is 5.91 Å². The van der Waals surface area contributed by atoms with Crippen LogP contribution in [0.15, 0.2) is 28.7 Å². The zero-order valence-electron chi connectivity index (χ0n) is 7.70. The van der Waals surface area contributed by atoms with Gasteiger partial charge >= 0.3 is 0 Å². The fourth-order valence-corrected chi connectivity index (χ4v) is 2.49. The number of hydrogen-bond donors (Lipinski definition) is 1. The van der Waals surface area contributed by atoms with E-state index in [1.807, 2.05) is 24.3 Å². The van der Waals surface area contributed by atoms with Crippen LogP contribution in [0.1, 0.15) is 5.56 Å². The summed E-state index contributed by atoms with van der Waals surface area (Å²) < 4.78 is 1.01. The lowest BCUT2D eigenvalue weighted by Crippen LogP contribution is -2.25. The lowest BCUT2D eigenvalue weighted by atomic mass is 10.1. The van der Waals surface area contributed by atoms with Crippen molar-refractivity contribution < 1.29 is 9.59 Å². The van der Waals surface area contributed by atoms with E-state index in [2.05, 4.69) is 21.2 Å². The second-order valence-corrected chi connectivity index (χ2v) is 5.30. The Balaban J connectivity index is 2.06. The highest BCUT2D eigenvalue weighted by Crippen LogP contribution is 2.23. The topological polar surface area (TPSA) is 46.2 Å². The molecule has 0 bridgehead atoms. The van der Waals surface area contributed by atoms with Crippen molar-refractivity contribution in [2.45, 2.75) is 11.7 Å². The van der Waals surface area contributed by atoms with Gasteiger partial charge < -0.3 is 0 Å². The van der Waals surface area contributed by atoms with Crippen LogP contribution in [-0.2, 0) is 11.2 Å². The van der Waals surface area contributed by atoms with Crippen LogP contribution in [0.2, 0.25) is 0 Å². The van der Waals surface area contributed by atoms with Crippen LogP contribution in [0.5, 0.6) is 0 Å². The quantitative estimate of drug-likeness (QED) is 0.907. The number of amides is 2. The van der Waals surface area contributed by atoms with Gasteiger partial charge in [-0.15, -0.1) is 0 Å². The number of hydrogen-bond acceptors (Lipinski definition) is 3. The first kappa shape index (κ1) is 10.7. The van der Waals surface area contributed by atoms with Gasteiger partial charge in [-0.2, -0.15) is 0 Å². The van der Waals surface area contributed by atoms with Crippen molar-refractivity contribution >= 4 is 38.8 Å². The number of benzene rings is 1. The van der Waals surface area contributed by atoms with E-state index < -0.39 is 0 Å². The Bertz CT molecular complexity index is 404. The van der Waals surface area contributed by atoms with Crippen LogP contribution >= 0.6 is 27.7 Å². The average molecular weight is 286 g/mol. The first-order valence-electron chi connectivity index (χ1n) is 4.41. The minimum absolute atomic E-state index is 0.187. The van der Waals surface area contributed by atoms with Crippen LogP contribution in [0, 0.1) is 0 Å². The second-order valence-electron chi connectivity index (χ2n) is 3.21. The molecular weight excluding hydrogens is 278 g/mol. The van der Waals surface area contributed by atoms with Crippen LogP contribution in [0.25, 0.3) is 0 Å². The van der Waals surface area contributed by atoms with Gasteiger partial charge in [-0.1, -0.05) is 39.8 Å². The third-order valence-corrected chi connectivity index (χ3v) is 3.61. The lowest BCUT2D eigenvalue weighted by Gasteiger charge is -2.04. The molecule has 1 N–H and O–H groups in total. The summed E-state index contributed by atoms with van der Waals surface area (Å²) in [5.74, 6) is -0.187. The minimum Gasteiger partial charge on any atom is -0.286 e. The van der Waals surface area contributed by atoms with Gasteiger partial charge in [-0.3, -0.25) is 14.9 Å². The third kappa shape index (κ3) is 2.60. The first-order chi connectivity index (χ1) is 7.15. The molecule has 1 aromatic rings. The number of halogens is 1. The molecule has 1 heterocycles. The summed E-state index contributed by atoms with van der Waals surface area (Å²) in [5, 5.41) is 1.75. The summed E-state index contributed by atoms with van der Waals surface area (Å²) in [6.45, 7) is 0. The van der Waals surface area contributed by atoms with Gasteiger partial charge in [0.1, 0.15) is 0 Å². The Labute approximate surface area is 99.7 Å². The van der Waals surface area contributed by atoms with Crippen LogP contribution in [0.3, 0.4) is 0 Å². The molecule has 1 fully saturated rings. The van der Waals surface area contributed by atoms with E-state index >= 15 is 0 Å². The zero-order chi connectivity index (χ0) is 10.8. The van der Waals surface area contributed by atoms with Gasteiger partial charge in [0.15, 0.2) is 0 Å². The molecule has 15 heavy (non-hydrogen) atoms. The van der Waals surface area contributed by atoms with Crippen molar-refractivity contribution in [3.8, 4) is 0 Å². The predicted molar refractivity (Wildman–Crippen MR) is 62.8 cm³/mol. The summed E-state index contributed by atoms with van der Waals surface area (Å²) in [6.07, 6.45) is 0.593. The summed E-state index contributed by atoms with van der Waals surface area (Å²) in [5.41, 5.74) is 1.06. The molecule has 0 unspecified atom stereocenters. The Morgan fingerprint density at radius 3 is 2.47 bits per heavy atom. The predicted octanol–water partition coefficient (Wildman–Crippen LogP) is 2.34. The van der Waals surface area contributed by atoms with E-state index in [9.17, 15) is 9.59 Å². The molecule has 3 nitrogen and oxygen atoms in total. The van der Waals surface area contributed by atoms with Crippen molar-refractivity contribution in [3.63, 3.8) is 0 Å². The van der Waals surface area contributed by atoms with Crippen LogP contribution in [0.4, 0.5) is 4.79 Å². The molecule has 1 aliphatic heterocycles. The summed E-state index contributed by atoms with van der Waals surface area (Å²) in [6, 6.07) is 7.74. The number of imide groups is 1. The molecular formula is C10H8BrNO2S. The standard InChI is InChI=1S/C10H8BrNO2S/c11-7-3-1-6(2-4-7)5-8-9(13)12-10(14)15-8/h1-4,8H,5H2,(H,12,13,14)/t8-/m0/s1. The summed E-state index contributed by atoms with van der Waals surface area (Å²) >= 11 is 4.40. The zero-order valence-corrected chi connectivity index (χ0v) is 10.1. The van der Waals surface area contributed by atoms with Crippen molar-refractivity contribution in [2.24, 2.45) is 0 Å². The fraction of sp³-hybridized carbons (Fsp3) is 0.200. The maximum absolute atomic E-state index is 11.3. The number of carbonyl (C=O) groups excluding carboxylic acids is 2. The SMILES string of the molecule is O=C1NC(=O)[C@H](Cc2ccc(Br)cc2)S1. The van der Waals surface area contributed by atoms with Crippen molar-refractivity contribution in [1.29, 1.82) is 0 Å². The highest BCUT2D eigenvalue weighted by atomic mass is 79.9. The van der Waals surface area contributed by atoms with E-state index in [-0.39, 0.29) is 16.4 Å². The monoisotopic (exact) mass is 285 g/mol. The lowest BCUT2D eigenvalue weighted by molar-refractivity contribution is -0.118. The smallest absolute Gasteiger partial charge is 0.286 e. The average Bonchev–Trinajstić information content (AvgIpc) is 2.49.